The van der Waals surface area contributed by atoms with Crippen LogP contribution >= 0.6 is 0 Å². The maximum absolute atomic E-state index is 12.9. The fourth-order valence-electron chi connectivity index (χ4n) is 2.82. The molecule has 0 saturated heterocycles. The topological polar surface area (TPSA) is 92.8 Å². The molecule has 0 fully saturated rings. The van der Waals surface area contributed by atoms with Gasteiger partial charge in [0.05, 0.1) is 24.6 Å². The number of rotatable bonds is 7. The van der Waals surface area contributed by atoms with Crippen molar-refractivity contribution in [1.29, 1.82) is 0 Å². The lowest BCUT2D eigenvalue weighted by Gasteiger charge is -2.30. The number of nitrogens with zero attached hydrogens (tertiary/aromatic N) is 1. The van der Waals surface area contributed by atoms with E-state index >= 15 is 0 Å². The molecular formula is C20H24N2O5S. The van der Waals surface area contributed by atoms with Crippen LogP contribution in [-0.2, 0) is 19.6 Å². The van der Waals surface area contributed by atoms with Gasteiger partial charge in [-0.3, -0.25) is 9.10 Å². The molecule has 0 spiro atoms. The molecule has 2 aromatic carbocycles. The molecule has 2 rings (SSSR count). The zero-order chi connectivity index (χ0) is 20.9. The summed E-state index contributed by atoms with van der Waals surface area (Å²) < 4.78 is 30.7. The van der Waals surface area contributed by atoms with Crippen LogP contribution in [0, 0.1) is 6.92 Å². The monoisotopic (exact) mass is 404 g/mol. The molecule has 0 aliphatic carbocycles. The summed E-state index contributed by atoms with van der Waals surface area (Å²) in [6, 6.07) is 12.2. The third kappa shape index (κ3) is 5.10. The van der Waals surface area contributed by atoms with Crippen molar-refractivity contribution < 1.29 is 22.7 Å². The molecular weight excluding hydrogens is 380 g/mol. The van der Waals surface area contributed by atoms with Crippen LogP contribution in [0.25, 0.3) is 0 Å². The zero-order valence-corrected chi connectivity index (χ0v) is 17.1. The van der Waals surface area contributed by atoms with Crippen LogP contribution in [0.3, 0.4) is 0 Å². The van der Waals surface area contributed by atoms with Crippen LogP contribution < -0.4 is 9.62 Å². The Morgan fingerprint density at radius 3 is 2.32 bits per heavy atom. The fraction of sp³-hybridized carbons (Fsp3) is 0.300. The van der Waals surface area contributed by atoms with E-state index in [0.29, 0.717) is 11.4 Å². The number of anilines is 2. The zero-order valence-electron chi connectivity index (χ0n) is 16.3. The van der Waals surface area contributed by atoms with Gasteiger partial charge in [0, 0.05) is 5.69 Å². The number of sulfonamides is 1. The van der Waals surface area contributed by atoms with Gasteiger partial charge in [-0.15, -0.1) is 0 Å². The predicted molar refractivity (Wildman–Crippen MR) is 109 cm³/mol. The number of ether oxygens (including phenoxy) is 1. The second-order valence-electron chi connectivity index (χ2n) is 6.38. The molecule has 0 saturated carbocycles. The average Bonchev–Trinajstić information content (AvgIpc) is 2.65. The summed E-state index contributed by atoms with van der Waals surface area (Å²) in [6.07, 6.45) is 1.34. The van der Waals surface area contributed by atoms with E-state index in [1.807, 2.05) is 6.92 Å². The van der Waals surface area contributed by atoms with Crippen molar-refractivity contribution in [3.05, 3.63) is 59.7 Å². The lowest BCUT2D eigenvalue weighted by Crippen LogP contribution is -2.47. The Morgan fingerprint density at radius 1 is 1.14 bits per heavy atom. The van der Waals surface area contributed by atoms with Crippen molar-refractivity contribution in [2.75, 3.05) is 23.0 Å². The maximum atomic E-state index is 12.9. The minimum Gasteiger partial charge on any atom is -0.465 e. The highest BCUT2D eigenvalue weighted by Gasteiger charge is 2.31. The second kappa shape index (κ2) is 8.88. The largest absolute Gasteiger partial charge is 0.465 e. The number of hydrogen-bond acceptors (Lipinski definition) is 5. The molecule has 7 nitrogen and oxygen atoms in total. The summed E-state index contributed by atoms with van der Waals surface area (Å²) in [5.74, 6) is -1.02. The lowest BCUT2D eigenvalue weighted by atomic mass is 10.1. The number of hydrogen-bond donors (Lipinski definition) is 1. The van der Waals surface area contributed by atoms with Gasteiger partial charge in [-0.25, -0.2) is 13.2 Å². The van der Waals surface area contributed by atoms with Crippen molar-refractivity contribution in [2.45, 2.75) is 26.3 Å². The summed E-state index contributed by atoms with van der Waals surface area (Å²) in [7, 11) is -2.44. The highest BCUT2D eigenvalue weighted by atomic mass is 32.2. The van der Waals surface area contributed by atoms with Crippen LogP contribution in [0.15, 0.2) is 48.5 Å². The average molecular weight is 404 g/mol. The van der Waals surface area contributed by atoms with Gasteiger partial charge in [-0.1, -0.05) is 30.7 Å². The van der Waals surface area contributed by atoms with E-state index < -0.39 is 27.9 Å². The van der Waals surface area contributed by atoms with Gasteiger partial charge in [0.1, 0.15) is 6.04 Å². The van der Waals surface area contributed by atoms with Crippen molar-refractivity contribution in [1.82, 2.24) is 0 Å². The van der Waals surface area contributed by atoms with E-state index in [9.17, 15) is 18.0 Å². The second-order valence-corrected chi connectivity index (χ2v) is 8.24. The van der Waals surface area contributed by atoms with Crippen LogP contribution in [0.4, 0.5) is 11.4 Å². The Bertz CT molecular complexity index is 955. The van der Waals surface area contributed by atoms with E-state index in [0.717, 1.165) is 16.1 Å². The standard InChI is InChI=1S/C20H24N2O5S/c1-5-18(22(28(4,25)26)17-11-9-14(2)10-12-17)19(23)21-16-8-6-7-15(13-16)20(24)27-3/h6-13,18H,5H2,1-4H3,(H,21,23)/t18-/m1/s1. The Balaban J connectivity index is 2.34. The first-order valence-corrected chi connectivity index (χ1v) is 10.6. The number of benzene rings is 2. The van der Waals surface area contributed by atoms with Crippen LogP contribution in [-0.4, -0.2) is 39.7 Å². The Kier molecular flexibility index (Phi) is 6.80. The summed E-state index contributed by atoms with van der Waals surface area (Å²) in [5, 5.41) is 2.69. The summed E-state index contributed by atoms with van der Waals surface area (Å²) >= 11 is 0. The SMILES string of the molecule is CC[C@H](C(=O)Nc1cccc(C(=O)OC)c1)N(c1ccc(C)cc1)S(C)(=O)=O. The van der Waals surface area contributed by atoms with E-state index in [1.54, 1.807) is 49.4 Å². The quantitative estimate of drug-likeness (QED) is 0.716. The lowest BCUT2D eigenvalue weighted by molar-refractivity contribution is -0.117. The molecule has 0 heterocycles. The highest BCUT2D eigenvalue weighted by Crippen LogP contribution is 2.24. The van der Waals surface area contributed by atoms with E-state index in [1.165, 1.54) is 13.2 Å². The Hall–Kier alpha value is -2.87. The Morgan fingerprint density at radius 2 is 1.79 bits per heavy atom. The van der Waals surface area contributed by atoms with Gasteiger partial charge in [-0.2, -0.15) is 0 Å². The normalized spacial score (nSPS) is 12.1. The van der Waals surface area contributed by atoms with Gasteiger partial charge in [0.15, 0.2) is 0 Å². The van der Waals surface area contributed by atoms with Crippen LogP contribution in [0.2, 0.25) is 0 Å². The molecule has 1 N–H and O–H groups in total. The van der Waals surface area contributed by atoms with Gasteiger partial charge in [0.25, 0.3) is 0 Å². The first kappa shape index (κ1) is 21.4. The molecule has 150 valence electrons. The first-order chi connectivity index (χ1) is 13.2. The Labute approximate surface area is 165 Å². The minimum atomic E-state index is -3.71. The number of methoxy groups -OCH3 is 1. The summed E-state index contributed by atoms with van der Waals surface area (Å²) in [6.45, 7) is 3.63. The smallest absolute Gasteiger partial charge is 0.337 e. The third-order valence-corrected chi connectivity index (χ3v) is 5.35. The predicted octanol–water partition coefficient (Wildman–Crippen LogP) is 2.96. The highest BCUT2D eigenvalue weighted by molar-refractivity contribution is 7.92. The molecule has 0 unspecified atom stereocenters. The molecule has 8 heteroatoms. The number of carbonyl (C=O) groups is 2. The van der Waals surface area contributed by atoms with Gasteiger partial charge < -0.3 is 10.1 Å². The fourth-order valence-corrected chi connectivity index (χ4v) is 4.03. The summed E-state index contributed by atoms with van der Waals surface area (Å²) in [4.78, 5) is 24.6. The third-order valence-electron chi connectivity index (χ3n) is 4.17. The van der Waals surface area contributed by atoms with Crippen molar-refractivity contribution in [2.24, 2.45) is 0 Å². The van der Waals surface area contributed by atoms with E-state index in [2.05, 4.69) is 10.1 Å². The molecule has 0 aliphatic rings. The molecule has 0 aliphatic heterocycles. The van der Waals surface area contributed by atoms with Gasteiger partial charge in [-0.05, 0) is 43.7 Å². The van der Waals surface area contributed by atoms with Crippen LogP contribution in [0.1, 0.15) is 29.3 Å². The van der Waals surface area contributed by atoms with Crippen molar-refractivity contribution in [3.8, 4) is 0 Å². The number of amides is 1. The first-order valence-electron chi connectivity index (χ1n) is 8.72. The summed E-state index contributed by atoms with van der Waals surface area (Å²) in [5.41, 5.74) is 2.06. The van der Waals surface area contributed by atoms with Crippen molar-refractivity contribution in [3.63, 3.8) is 0 Å². The maximum Gasteiger partial charge on any atom is 0.337 e. The number of carbonyl (C=O) groups excluding carboxylic acids is 2. The molecule has 1 amide bonds. The van der Waals surface area contributed by atoms with E-state index in [-0.39, 0.29) is 12.0 Å². The molecule has 2 aromatic rings. The molecule has 0 radical (unpaired) electrons. The molecule has 0 bridgehead atoms. The van der Waals surface area contributed by atoms with Crippen LogP contribution in [0.5, 0.6) is 0 Å². The number of nitrogens with one attached hydrogen (secondary N) is 1. The molecule has 28 heavy (non-hydrogen) atoms. The minimum absolute atomic E-state index is 0.267. The van der Waals surface area contributed by atoms with Gasteiger partial charge >= 0.3 is 5.97 Å². The molecule has 1 atom stereocenters. The van der Waals surface area contributed by atoms with Gasteiger partial charge in [0.2, 0.25) is 15.9 Å². The van der Waals surface area contributed by atoms with E-state index in [4.69, 9.17) is 0 Å². The number of esters is 1. The molecule has 0 aromatic heterocycles. The van der Waals surface area contributed by atoms with Crippen molar-refractivity contribution >= 4 is 33.3 Å². The number of aryl methyl sites for hydroxylation is 1.